The number of hydrogen-bond acceptors (Lipinski definition) is 1. The third-order valence-electron chi connectivity index (χ3n) is 4.07. The van der Waals surface area contributed by atoms with Gasteiger partial charge >= 0.3 is 0 Å². The molecule has 0 amide bonds. The van der Waals surface area contributed by atoms with Crippen molar-refractivity contribution in [2.75, 3.05) is 6.61 Å². The normalized spacial score (nSPS) is 13.0. The topological polar surface area (TPSA) is 14.2 Å². The summed E-state index contributed by atoms with van der Waals surface area (Å²) < 4.78 is 8.45. The minimum absolute atomic E-state index is 0.125. The summed E-state index contributed by atoms with van der Waals surface area (Å²) in [5.74, 6) is 0. The first-order valence-electron chi connectivity index (χ1n) is 7.96. The van der Waals surface area contributed by atoms with E-state index < -0.39 is 0 Å². The second-order valence-corrected chi connectivity index (χ2v) is 5.46. The summed E-state index contributed by atoms with van der Waals surface area (Å²) in [4.78, 5) is 0. The Labute approximate surface area is 126 Å². The fourth-order valence-corrected chi connectivity index (χ4v) is 3.12. The van der Waals surface area contributed by atoms with E-state index >= 15 is 0 Å². The molecule has 0 aliphatic carbocycles. The molecule has 0 unspecified atom stereocenters. The molecule has 0 radical (unpaired) electrons. The third kappa shape index (κ3) is 2.56. The summed E-state index contributed by atoms with van der Waals surface area (Å²) >= 11 is 0. The summed E-state index contributed by atoms with van der Waals surface area (Å²) in [6.45, 7) is 5.05. The van der Waals surface area contributed by atoms with E-state index in [9.17, 15) is 0 Å². The Morgan fingerprint density at radius 3 is 2.00 bits per heavy atom. The average molecular weight is 281 g/mol. The maximum absolute atomic E-state index is 6.07. The Kier molecular flexibility index (Phi) is 4.26. The van der Waals surface area contributed by atoms with Gasteiger partial charge in [0, 0.05) is 17.4 Å². The molecule has 0 aliphatic rings. The SMILES string of the molecule is CCCC[C@@H](OCC)n1c2ccccc2c2ccccc21. The first-order chi connectivity index (χ1) is 10.4. The van der Waals surface area contributed by atoms with Crippen LogP contribution in [-0.2, 0) is 4.74 Å². The fourth-order valence-electron chi connectivity index (χ4n) is 3.12. The number of hydrogen-bond donors (Lipinski definition) is 0. The molecule has 0 bridgehead atoms. The zero-order valence-electron chi connectivity index (χ0n) is 12.9. The minimum atomic E-state index is 0.125. The second-order valence-electron chi connectivity index (χ2n) is 5.46. The van der Waals surface area contributed by atoms with Crippen LogP contribution in [-0.4, -0.2) is 11.2 Å². The molecule has 1 atom stereocenters. The van der Waals surface area contributed by atoms with Gasteiger partial charge in [0.15, 0.2) is 0 Å². The van der Waals surface area contributed by atoms with Crippen LogP contribution in [0.4, 0.5) is 0 Å². The van der Waals surface area contributed by atoms with Gasteiger partial charge in [0.25, 0.3) is 0 Å². The van der Waals surface area contributed by atoms with Gasteiger partial charge in [-0.15, -0.1) is 0 Å². The van der Waals surface area contributed by atoms with Gasteiger partial charge in [0.1, 0.15) is 6.23 Å². The van der Waals surface area contributed by atoms with E-state index in [-0.39, 0.29) is 6.23 Å². The van der Waals surface area contributed by atoms with Crippen molar-refractivity contribution in [3.05, 3.63) is 48.5 Å². The van der Waals surface area contributed by atoms with Gasteiger partial charge in [-0.25, -0.2) is 0 Å². The van der Waals surface area contributed by atoms with Gasteiger partial charge in [-0.1, -0.05) is 49.7 Å². The molecular weight excluding hydrogens is 258 g/mol. The Hall–Kier alpha value is -1.80. The molecule has 3 rings (SSSR count). The lowest BCUT2D eigenvalue weighted by Gasteiger charge is -2.21. The molecule has 0 aliphatic heterocycles. The first kappa shape index (κ1) is 14.2. The Balaban J connectivity index is 2.21. The number of nitrogens with zero attached hydrogens (tertiary/aromatic N) is 1. The first-order valence-corrected chi connectivity index (χ1v) is 7.96. The van der Waals surface area contributed by atoms with E-state index in [0.29, 0.717) is 0 Å². The fraction of sp³-hybridized carbons (Fsp3) is 0.368. The minimum Gasteiger partial charge on any atom is -0.358 e. The molecule has 0 saturated carbocycles. The van der Waals surface area contributed by atoms with Gasteiger partial charge < -0.3 is 9.30 Å². The zero-order chi connectivity index (χ0) is 14.7. The molecule has 2 nitrogen and oxygen atoms in total. The van der Waals surface area contributed by atoms with E-state index in [1.54, 1.807) is 0 Å². The maximum atomic E-state index is 6.07. The van der Waals surface area contributed by atoms with Crippen LogP contribution < -0.4 is 0 Å². The van der Waals surface area contributed by atoms with Crippen molar-refractivity contribution in [2.24, 2.45) is 0 Å². The molecule has 2 aromatic carbocycles. The van der Waals surface area contributed by atoms with Crippen LogP contribution in [0.15, 0.2) is 48.5 Å². The van der Waals surface area contributed by atoms with Crippen LogP contribution in [0.25, 0.3) is 21.8 Å². The van der Waals surface area contributed by atoms with Crippen LogP contribution in [0.3, 0.4) is 0 Å². The Morgan fingerprint density at radius 1 is 0.905 bits per heavy atom. The summed E-state index contributed by atoms with van der Waals surface area (Å²) in [7, 11) is 0. The van der Waals surface area contributed by atoms with Crippen LogP contribution >= 0.6 is 0 Å². The van der Waals surface area contributed by atoms with Crippen molar-refractivity contribution in [3.63, 3.8) is 0 Å². The molecule has 0 fully saturated rings. The molecule has 3 aromatic rings. The summed E-state index contributed by atoms with van der Waals surface area (Å²) in [6, 6.07) is 17.3. The van der Waals surface area contributed by atoms with Crippen LogP contribution in [0.5, 0.6) is 0 Å². The smallest absolute Gasteiger partial charge is 0.134 e. The van der Waals surface area contributed by atoms with Gasteiger partial charge in [0.2, 0.25) is 0 Å². The van der Waals surface area contributed by atoms with Crippen LogP contribution in [0.1, 0.15) is 39.3 Å². The molecule has 110 valence electrons. The van der Waals surface area contributed by atoms with E-state index in [1.165, 1.54) is 34.6 Å². The summed E-state index contributed by atoms with van der Waals surface area (Å²) in [5.41, 5.74) is 2.54. The number of para-hydroxylation sites is 2. The highest BCUT2D eigenvalue weighted by atomic mass is 16.5. The highest BCUT2D eigenvalue weighted by molar-refractivity contribution is 6.08. The molecule has 1 heterocycles. The summed E-state index contributed by atoms with van der Waals surface area (Å²) in [6.07, 6.45) is 3.57. The average Bonchev–Trinajstić information content (AvgIpc) is 2.86. The zero-order valence-corrected chi connectivity index (χ0v) is 12.9. The van der Waals surface area contributed by atoms with Crippen molar-refractivity contribution in [3.8, 4) is 0 Å². The monoisotopic (exact) mass is 281 g/mol. The lowest BCUT2D eigenvalue weighted by atomic mass is 10.2. The molecule has 21 heavy (non-hydrogen) atoms. The van der Waals surface area contributed by atoms with E-state index in [0.717, 1.165) is 13.0 Å². The number of aromatic nitrogens is 1. The van der Waals surface area contributed by atoms with Gasteiger partial charge in [-0.05, 0) is 31.9 Å². The van der Waals surface area contributed by atoms with Gasteiger partial charge in [-0.2, -0.15) is 0 Å². The van der Waals surface area contributed by atoms with Crippen molar-refractivity contribution in [1.29, 1.82) is 0 Å². The van der Waals surface area contributed by atoms with E-state index in [2.05, 4.69) is 66.9 Å². The lowest BCUT2D eigenvalue weighted by Crippen LogP contribution is -2.12. The Morgan fingerprint density at radius 2 is 1.48 bits per heavy atom. The number of benzene rings is 2. The second kappa shape index (κ2) is 6.31. The number of unbranched alkanes of at least 4 members (excludes halogenated alkanes) is 1. The molecule has 2 heteroatoms. The summed E-state index contributed by atoms with van der Waals surface area (Å²) in [5, 5.41) is 2.63. The molecule has 0 N–H and O–H groups in total. The van der Waals surface area contributed by atoms with Gasteiger partial charge in [0.05, 0.1) is 11.0 Å². The lowest BCUT2D eigenvalue weighted by molar-refractivity contribution is 0.00866. The Bertz CT molecular complexity index is 675. The van der Waals surface area contributed by atoms with Crippen LogP contribution in [0, 0.1) is 0 Å². The van der Waals surface area contributed by atoms with Crippen LogP contribution in [0.2, 0.25) is 0 Å². The maximum Gasteiger partial charge on any atom is 0.134 e. The highest BCUT2D eigenvalue weighted by Gasteiger charge is 2.17. The predicted molar refractivity (Wildman–Crippen MR) is 89.6 cm³/mol. The van der Waals surface area contributed by atoms with Crippen molar-refractivity contribution < 1.29 is 4.74 Å². The van der Waals surface area contributed by atoms with E-state index in [1.807, 2.05) is 0 Å². The molecule has 0 spiro atoms. The molecule has 1 aromatic heterocycles. The molecular formula is C19H23NO. The van der Waals surface area contributed by atoms with Crippen molar-refractivity contribution >= 4 is 21.8 Å². The quantitative estimate of drug-likeness (QED) is 0.580. The molecule has 0 saturated heterocycles. The third-order valence-corrected chi connectivity index (χ3v) is 4.07. The number of ether oxygens (including phenoxy) is 1. The number of rotatable bonds is 6. The number of fused-ring (bicyclic) bond motifs is 3. The standard InChI is InChI=1S/C19H23NO/c1-3-5-14-19(21-4-2)20-17-12-8-6-10-15(17)16-11-7-9-13-18(16)20/h6-13,19H,3-5,14H2,1-2H3/t19-/m1/s1. The largest absolute Gasteiger partial charge is 0.358 e. The van der Waals surface area contributed by atoms with Crippen molar-refractivity contribution in [2.45, 2.75) is 39.3 Å². The highest BCUT2D eigenvalue weighted by Crippen LogP contribution is 2.33. The predicted octanol–water partition coefficient (Wildman–Crippen LogP) is 5.52. The van der Waals surface area contributed by atoms with Gasteiger partial charge in [-0.3, -0.25) is 0 Å². The van der Waals surface area contributed by atoms with E-state index in [4.69, 9.17) is 4.74 Å². The van der Waals surface area contributed by atoms with Crippen molar-refractivity contribution in [1.82, 2.24) is 4.57 Å².